The summed E-state index contributed by atoms with van der Waals surface area (Å²) in [6.45, 7) is 18.8. The van der Waals surface area contributed by atoms with Gasteiger partial charge in [-0.2, -0.15) is 0 Å². The molecule has 0 unspecified atom stereocenters. The van der Waals surface area contributed by atoms with Gasteiger partial charge in [0, 0.05) is 50.4 Å². The number of benzene rings is 8. The Balaban J connectivity index is 1.17. The molecule has 342 valence electrons. The average Bonchev–Trinajstić information content (AvgIpc) is 3.87. The van der Waals surface area contributed by atoms with Gasteiger partial charge in [-0.3, -0.25) is 0 Å². The zero-order chi connectivity index (χ0) is 47.3. The van der Waals surface area contributed by atoms with Gasteiger partial charge in [0.05, 0.1) is 27.8 Å². The zero-order valence-corrected chi connectivity index (χ0v) is 41.6. The van der Waals surface area contributed by atoms with Crippen molar-refractivity contribution >= 4 is 83.8 Å². The van der Waals surface area contributed by atoms with E-state index in [1.54, 1.807) is 0 Å². The van der Waals surface area contributed by atoms with Crippen LogP contribution in [0.3, 0.4) is 0 Å². The monoisotopic (exact) mass is 899 g/mol. The van der Waals surface area contributed by atoms with E-state index < -0.39 is 0 Å². The maximum absolute atomic E-state index is 7.41. The largest absolute Gasteiger partial charge is 0.458 e. The van der Waals surface area contributed by atoms with Gasteiger partial charge >= 0.3 is 0 Å². The second kappa shape index (κ2) is 16.3. The van der Waals surface area contributed by atoms with Crippen molar-refractivity contribution in [3.05, 3.63) is 180 Å². The van der Waals surface area contributed by atoms with Crippen molar-refractivity contribution in [3.8, 4) is 22.9 Å². The van der Waals surface area contributed by atoms with Gasteiger partial charge in [0.15, 0.2) is 0 Å². The molecule has 0 saturated heterocycles. The van der Waals surface area contributed by atoms with E-state index in [0.29, 0.717) is 0 Å². The van der Waals surface area contributed by atoms with E-state index in [1.807, 2.05) is 0 Å². The number of aryl methyl sites for hydroxylation is 2. The van der Waals surface area contributed by atoms with Crippen molar-refractivity contribution in [2.75, 3.05) is 4.90 Å². The second-order valence-corrected chi connectivity index (χ2v) is 21.8. The third kappa shape index (κ3) is 6.94. The summed E-state index contributed by atoms with van der Waals surface area (Å²) in [5.74, 6) is 1.87. The molecule has 5 heteroatoms. The number of hydrogen-bond acceptors (Lipinski definition) is 2. The Kier molecular flexibility index (Phi) is 10.3. The standard InChI is InChI=1S/C64H62BN3O/c1-9-11-21-41-35-43(63(3,4)5)36-42(22-12-10-2)62(41)68-57-39-45(66-53-27-17-13-23-47(53)48-24-14-18-28-54(48)66)31-33-51(57)65-52-34-32-46(67-55-29-19-15-25-49(55)50-26-16-20-30-56(50)67)40-59(52)69-60-38-44(64(6,7)8)37-58(68)61(60)65/h13-20,23-40H,9-12,21-22H2,1-8H3. The van der Waals surface area contributed by atoms with Crippen LogP contribution in [0.5, 0.6) is 11.5 Å². The second-order valence-electron chi connectivity index (χ2n) is 21.8. The molecule has 0 radical (unpaired) electrons. The van der Waals surface area contributed by atoms with Crippen molar-refractivity contribution < 1.29 is 4.74 Å². The first-order valence-electron chi connectivity index (χ1n) is 25.5. The molecule has 8 aromatic carbocycles. The Hall–Kier alpha value is -6.98. The molecule has 4 heterocycles. The zero-order valence-electron chi connectivity index (χ0n) is 41.6. The highest BCUT2D eigenvalue weighted by Crippen LogP contribution is 2.48. The summed E-state index contributed by atoms with van der Waals surface area (Å²) in [4.78, 5) is 2.71. The highest BCUT2D eigenvalue weighted by Gasteiger charge is 2.44. The van der Waals surface area contributed by atoms with Crippen molar-refractivity contribution in [1.29, 1.82) is 0 Å². The lowest BCUT2D eigenvalue weighted by atomic mass is 9.34. The van der Waals surface area contributed by atoms with Crippen LogP contribution in [0.25, 0.3) is 55.0 Å². The Bertz CT molecular complexity index is 3530. The fourth-order valence-corrected chi connectivity index (χ4v) is 11.7. The lowest BCUT2D eigenvalue weighted by Crippen LogP contribution is -2.59. The van der Waals surface area contributed by atoms with Gasteiger partial charge in [-0.25, -0.2) is 0 Å². The molecule has 0 aliphatic carbocycles. The van der Waals surface area contributed by atoms with Crippen LogP contribution in [-0.2, 0) is 23.7 Å². The Morgan fingerprint density at radius 3 is 1.38 bits per heavy atom. The molecule has 0 spiro atoms. The number of aromatic nitrogens is 2. The maximum Gasteiger partial charge on any atom is 0.256 e. The molecule has 2 aliphatic rings. The Labute approximate surface area is 408 Å². The molecule has 2 aliphatic heterocycles. The third-order valence-corrected chi connectivity index (χ3v) is 15.2. The molecule has 69 heavy (non-hydrogen) atoms. The van der Waals surface area contributed by atoms with Gasteiger partial charge in [-0.05, 0) is 130 Å². The molecular formula is C64H62BN3O. The quantitative estimate of drug-likeness (QED) is 0.135. The summed E-state index contributed by atoms with van der Waals surface area (Å²) >= 11 is 0. The third-order valence-electron chi connectivity index (χ3n) is 15.2. The van der Waals surface area contributed by atoms with Gasteiger partial charge in [0.2, 0.25) is 0 Å². The molecule has 4 nitrogen and oxygen atoms in total. The molecule has 0 amide bonds. The van der Waals surface area contributed by atoms with Crippen molar-refractivity contribution in [2.45, 2.75) is 105 Å². The molecule has 0 bridgehead atoms. The molecule has 10 aromatic rings. The minimum atomic E-state index is -0.140. The Morgan fingerprint density at radius 1 is 0.449 bits per heavy atom. The number of para-hydroxylation sites is 4. The van der Waals surface area contributed by atoms with E-state index in [2.05, 4.69) is 227 Å². The highest BCUT2D eigenvalue weighted by molar-refractivity contribution is 6.99. The molecular weight excluding hydrogens is 838 g/mol. The molecule has 12 rings (SSSR count). The van der Waals surface area contributed by atoms with Crippen molar-refractivity contribution in [3.63, 3.8) is 0 Å². The summed E-state index contributed by atoms with van der Waals surface area (Å²) < 4.78 is 12.3. The van der Waals surface area contributed by atoms with E-state index in [0.717, 1.165) is 61.4 Å². The van der Waals surface area contributed by atoms with E-state index in [1.165, 1.54) is 99.3 Å². The van der Waals surface area contributed by atoms with Gasteiger partial charge < -0.3 is 18.8 Å². The minimum Gasteiger partial charge on any atom is -0.458 e. The predicted molar refractivity (Wildman–Crippen MR) is 296 cm³/mol. The number of rotatable bonds is 9. The number of nitrogens with zero attached hydrogens (tertiary/aromatic N) is 3. The smallest absolute Gasteiger partial charge is 0.256 e. The molecule has 0 saturated carbocycles. The molecule has 0 N–H and O–H groups in total. The van der Waals surface area contributed by atoms with Crippen LogP contribution in [0.1, 0.15) is 103 Å². The minimum absolute atomic E-state index is 0.00993. The van der Waals surface area contributed by atoms with Crippen LogP contribution in [0.15, 0.2) is 158 Å². The van der Waals surface area contributed by atoms with Crippen molar-refractivity contribution in [1.82, 2.24) is 9.13 Å². The maximum atomic E-state index is 7.41. The predicted octanol–water partition coefficient (Wildman–Crippen LogP) is 15.6. The summed E-state index contributed by atoms with van der Waals surface area (Å²) in [6, 6.07) is 59.7. The van der Waals surface area contributed by atoms with Gasteiger partial charge in [0.1, 0.15) is 11.5 Å². The van der Waals surface area contributed by atoms with Crippen molar-refractivity contribution in [2.24, 2.45) is 0 Å². The molecule has 2 aromatic heterocycles. The first kappa shape index (κ1) is 43.3. The lowest BCUT2D eigenvalue weighted by molar-refractivity contribution is 0.483. The van der Waals surface area contributed by atoms with Crippen LogP contribution in [0, 0.1) is 0 Å². The number of unbranched alkanes of at least 4 members (excludes halogenated alkanes) is 2. The molecule has 0 atom stereocenters. The van der Waals surface area contributed by atoms with E-state index in [4.69, 9.17) is 4.74 Å². The normalized spacial score (nSPS) is 13.3. The number of fused-ring (bicyclic) bond motifs is 10. The van der Waals surface area contributed by atoms with Crippen LogP contribution in [-0.4, -0.2) is 15.8 Å². The van der Waals surface area contributed by atoms with Gasteiger partial charge in [0.25, 0.3) is 6.71 Å². The van der Waals surface area contributed by atoms with Crippen LogP contribution in [0.4, 0.5) is 17.1 Å². The number of hydrogen-bond donors (Lipinski definition) is 0. The first-order chi connectivity index (χ1) is 33.4. The topological polar surface area (TPSA) is 22.3 Å². The number of ether oxygens (including phenoxy) is 1. The summed E-state index contributed by atoms with van der Waals surface area (Å²) in [7, 11) is 0. The van der Waals surface area contributed by atoms with Gasteiger partial charge in [-0.1, -0.05) is 165 Å². The lowest BCUT2D eigenvalue weighted by Gasteiger charge is -2.43. The summed E-state index contributed by atoms with van der Waals surface area (Å²) in [5.41, 5.74) is 20.1. The fourth-order valence-electron chi connectivity index (χ4n) is 11.7. The van der Waals surface area contributed by atoms with E-state index in [-0.39, 0.29) is 17.5 Å². The fraction of sp³-hybridized carbons (Fsp3) is 0.250. The molecule has 0 fully saturated rings. The van der Waals surface area contributed by atoms with Gasteiger partial charge in [-0.15, -0.1) is 0 Å². The Morgan fingerprint density at radius 2 is 0.899 bits per heavy atom. The van der Waals surface area contributed by atoms with E-state index >= 15 is 0 Å². The number of anilines is 3. The highest BCUT2D eigenvalue weighted by atomic mass is 16.5. The van der Waals surface area contributed by atoms with E-state index in [9.17, 15) is 0 Å². The summed E-state index contributed by atoms with van der Waals surface area (Å²) in [6.07, 6.45) is 6.56. The first-order valence-corrected chi connectivity index (χ1v) is 25.5. The SMILES string of the molecule is CCCCc1cc(C(C)(C)C)cc(CCCC)c1N1c2cc(-n3c4ccccc4c4ccccc43)ccc2B2c3ccc(-n4c5ccccc5c5ccccc54)cc3Oc3cc(C(C)(C)C)cc1c32. The average molecular weight is 900 g/mol. The van der Waals surface area contributed by atoms with Crippen LogP contribution in [0.2, 0.25) is 0 Å². The van der Waals surface area contributed by atoms with Crippen LogP contribution >= 0.6 is 0 Å². The summed E-state index contributed by atoms with van der Waals surface area (Å²) in [5, 5.41) is 5.05. The van der Waals surface area contributed by atoms with Crippen LogP contribution < -0.4 is 26.0 Å².